The smallest absolute Gasteiger partial charge is 0.275 e. The van der Waals surface area contributed by atoms with E-state index in [-0.39, 0.29) is 12.7 Å². The Morgan fingerprint density at radius 3 is 2.67 bits per heavy atom. The van der Waals surface area contributed by atoms with Crippen LogP contribution in [0.5, 0.6) is 11.5 Å². The quantitative estimate of drug-likeness (QED) is 0.849. The van der Waals surface area contributed by atoms with E-state index in [9.17, 15) is 4.79 Å². The lowest BCUT2D eigenvalue weighted by molar-refractivity contribution is -0.891. The van der Waals surface area contributed by atoms with Crippen molar-refractivity contribution < 1.29 is 19.2 Å². The maximum absolute atomic E-state index is 12.0. The second-order valence-electron chi connectivity index (χ2n) is 5.81. The zero-order valence-electron chi connectivity index (χ0n) is 12.3. The molecule has 21 heavy (non-hydrogen) atoms. The first-order valence-corrected chi connectivity index (χ1v) is 7.80. The molecule has 1 saturated heterocycles. The molecule has 2 heterocycles. The van der Waals surface area contributed by atoms with Gasteiger partial charge in [-0.1, -0.05) is 6.07 Å². The van der Waals surface area contributed by atoms with E-state index < -0.39 is 0 Å². The minimum absolute atomic E-state index is 0.129. The summed E-state index contributed by atoms with van der Waals surface area (Å²) in [6, 6.07) is 5.79. The highest BCUT2D eigenvalue weighted by molar-refractivity contribution is 5.76. The van der Waals surface area contributed by atoms with Gasteiger partial charge in [0.25, 0.3) is 5.91 Å². The van der Waals surface area contributed by atoms with E-state index in [1.54, 1.807) is 0 Å². The van der Waals surface area contributed by atoms with Gasteiger partial charge in [0.2, 0.25) is 6.79 Å². The predicted molar refractivity (Wildman–Crippen MR) is 78.4 cm³/mol. The van der Waals surface area contributed by atoms with Crippen LogP contribution in [0.15, 0.2) is 18.2 Å². The average molecular weight is 291 g/mol. The minimum Gasteiger partial charge on any atom is -0.454 e. The van der Waals surface area contributed by atoms with Crippen LogP contribution < -0.4 is 19.7 Å². The molecule has 114 valence electrons. The molecule has 5 nitrogen and oxygen atoms in total. The number of amides is 1. The van der Waals surface area contributed by atoms with Crippen molar-refractivity contribution in [2.75, 3.05) is 26.4 Å². The summed E-state index contributed by atoms with van der Waals surface area (Å²) in [6.45, 7) is 3.66. The number of fused-ring (bicyclic) bond motifs is 1. The Hall–Kier alpha value is -1.75. The van der Waals surface area contributed by atoms with E-state index in [0.29, 0.717) is 13.1 Å². The monoisotopic (exact) mass is 291 g/mol. The van der Waals surface area contributed by atoms with Crippen LogP contribution in [0.3, 0.4) is 0 Å². The Balaban J connectivity index is 1.47. The molecule has 1 amide bonds. The standard InChI is InChI=1S/C16H22N2O3/c19-16(11-18-7-3-1-2-4-8-18)17-10-13-5-6-14-15(9-13)21-12-20-14/h5-6,9H,1-4,7-8,10-12H2,(H,17,19)/p+1. The van der Waals surface area contributed by atoms with Gasteiger partial charge < -0.3 is 19.7 Å². The largest absolute Gasteiger partial charge is 0.454 e. The van der Waals surface area contributed by atoms with Crippen LogP contribution in [0.2, 0.25) is 0 Å². The molecule has 2 aliphatic rings. The van der Waals surface area contributed by atoms with Crippen LogP contribution in [0, 0.1) is 0 Å². The first-order valence-electron chi connectivity index (χ1n) is 7.80. The summed E-state index contributed by atoms with van der Waals surface area (Å²) in [5.74, 6) is 1.67. The van der Waals surface area contributed by atoms with Crippen LogP contribution in [0.4, 0.5) is 0 Å². The Labute approximate surface area is 125 Å². The van der Waals surface area contributed by atoms with Crippen molar-refractivity contribution in [3.8, 4) is 11.5 Å². The zero-order valence-corrected chi connectivity index (χ0v) is 12.3. The van der Waals surface area contributed by atoms with Gasteiger partial charge in [-0.2, -0.15) is 0 Å². The van der Waals surface area contributed by atoms with E-state index in [0.717, 1.165) is 30.2 Å². The molecule has 0 radical (unpaired) electrons. The maximum Gasteiger partial charge on any atom is 0.275 e. The van der Waals surface area contributed by atoms with Crippen LogP contribution in [0.1, 0.15) is 31.2 Å². The van der Waals surface area contributed by atoms with Gasteiger partial charge >= 0.3 is 0 Å². The van der Waals surface area contributed by atoms with Gasteiger partial charge in [0.1, 0.15) is 0 Å². The van der Waals surface area contributed by atoms with Crippen LogP contribution in [0.25, 0.3) is 0 Å². The van der Waals surface area contributed by atoms with Gasteiger partial charge in [-0.05, 0) is 43.4 Å². The summed E-state index contributed by atoms with van der Waals surface area (Å²) >= 11 is 0. The van der Waals surface area contributed by atoms with Crippen molar-refractivity contribution in [3.05, 3.63) is 23.8 Å². The molecule has 0 aliphatic carbocycles. The molecule has 2 aliphatic heterocycles. The Bertz CT molecular complexity index is 496. The summed E-state index contributed by atoms with van der Waals surface area (Å²) in [6.07, 6.45) is 5.10. The first-order chi connectivity index (χ1) is 10.3. The molecule has 0 aromatic heterocycles. The third-order valence-corrected chi connectivity index (χ3v) is 4.15. The highest BCUT2D eigenvalue weighted by Crippen LogP contribution is 2.32. The number of benzene rings is 1. The summed E-state index contributed by atoms with van der Waals surface area (Å²) in [5.41, 5.74) is 1.04. The SMILES string of the molecule is O=C(C[NH+]1CCCCCC1)NCc1ccc2c(c1)OCO2. The summed E-state index contributed by atoms with van der Waals surface area (Å²) in [5, 5.41) is 3.00. The molecule has 0 saturated carbocycles. The highest BCUT2D eigenvalue weighted by Gasteiger charge is 2.17. The van der Waals surface area contributed by atoms with Gasteiger partial charge in [0.15, 0.2) is 18.0 Å². The van der Waals surface area contributed by atoms with Crippen LogP contribution in [-0.4, -0.2) is 32.3 Å². The fourth-order valence-electron chi connectivity index (χ4n) is 2.95. The molecule has 1 aromatic rings. The first kappa shape index (κ1) is 14.2. The van der Waals surface area contributed by atoms with Crippen LogP contribution >= 0.6 is 0 Å². The van der Waals surface area contributed by atoms with Crippen molar-refractivity contribution in [2.45, 2.75) is 32.2 Å². The number of ether oxygens (including phenoxy) is 2. The zero-order chi connectivity index (χ0) is 14.5. The molecule has 1 fully saturated rings. The summed E-state index contributed by atoms with van der Waals surface area (Å²) < 4.78 is 10.6. The molecular weight excluding hydrogens is 268 g/mol. The molecule has 0 unspecified atom stereocenters. The molecule has 5 heteroatoms. The number of likely N-dealkylation sites (tertiary alicyclic amines) is 1. The maximum atomic E-state index is 12.0. The van der Waals surface area contributed by atoms with Gasteiger partial charge in [-0.25, -0.2) is 0 Å². The van der Waals surface area contributed by atoms with E-state index in [2.05, 4.69) is 5.32 Å². The fourth-order valence-corrected chi connectivity index (χ4v) is 2.95. The van der Waals surface area contributed by atoms with Gasteiger partial charge in [0.05, 0.1) is 13.1 Å². The van der Waals surface area contributed by atoms with Crippen molar-refractivity contribution in [2.24, 2.45) is 0 Å². The number of hydrogen-bond acceptors (Lipinski definition) is 3. The van der Waals surface area contributed by atoms with Crippen molar-refractivity contribution in [1.29, 1.82) is 0 Å². The summed E-state index contributed by atoms with van der Waals surface area (Å²) in [7, 11) is 0. The number of carbonyl (C=O) groups excluding carboxylic acids is 1. The second-order valence-corrected chi connectivity index (χ2v) is 5.81. The lowest BCUT2D eigenvalue weighted by atomic mass is 10.2. The Morgan fingerprint density at radius 1 is 1.10 bits per heavy atom. The molecule has 3 rings (SSSR count). The average Bonchev–Trinajstić information content (AvgIpc) is 2.81. The van der Waals surface area contributed by atoms with Gasteiger partial charge in [-0.15, -0.1) is 0 Å². The highest BCUT2D eigenvalue weighted by atomic mass is 16.7. The molecule has 0 spiro atoms. The van der Waals surface area contributed by atoms with E-state index in [4.69, 9.17) is 9.47 Å². The van der Waals surface area contributed by atoms with Crippen molar-refractivity contribution in [1.82, 2.24) is 5.32 Å². The minimum atomic E-state index is 0.129. The van der Waals surface area contributed by atoms with E-state index in [1.807, 2.05) is 18.2 Å². The predicted octanol–water partition coefficient (Wildman–Crippen LogP) is 0.490. The van der Waals surface area contributed by atoms with Gasteiger partial charge in [0, 0.05) is 6.54 Å². The number of hydrogen-bond donors (Lipinski definition) is 2. The topological polar surface area (TPSA) is 52.0 Å². The molecule has 0 atom stereocenters. The number of nitrogens with one attached hydrogen (secondary N) is 2. The fraction of sp³-hybridized carbons (Fsp3) is 0.562. The van der Waals surface area contributed by atoms with Gasteiger partial charge in [-0.3, -0.25) is 4.79 Å². The molecule has 0 bridgehead atoms. The molecule has 1 aromatic carbocycles. The third kappa shape index (κ3) is 3.88. The van der Waals surface area contributed by atoms with Crippen molar-refractivity contribution >= 4 is 5.91 Å². The van der Waals surface area contributed by atoms with E-state index >= 15 is 0 Å². The number of carbonyl (C=O) groups is 1. The summed E-state index contributed by atoms with van der Waals surface area (Å²) in [4.78, 5) is 13.5. The normalized spacial score (nSPS) is 18.3. The van der Waals surface area contributed by atoms with E-state index in [1.165, 1.54) is 30.6 Å². The van der Waals surface area contributed by atoms with Crippen LogP contribution in [-0.2, 0) is 11.3 Å². The Kier molecular flexibility index (Phi) is 4.60. The number of quaternary nitrogens is 1. The lowest BCUT2D eigenvalue weighted by Gasteiger charge is -2.16. The Morgan fingerprint density at radius 2 is 1.86 bits per heavy atom. The third-order valence-electron chi connectivity index (χ3n) is 4.15. The molecule has 2 N–H and O–H groups in total. The lowest BCUT2D eigenvalue weighted by Crippen LogP contribution is -3.13. The second kappa shape index (κ2) is 6.80. The van der Waals surface area contributed by atoms with Crippen molar-refractivity contribution in [3.63, 3.8) is 0 Å². The number of rotatable bonds is 4. The molecular formula is C16H23N2O3+.